The van der Waals surface area contributed by atoms with Crippen molar-refractivity contribution >= 4 is 28.0 Å². The van der Waals surface area contributed by atoms with Crippen LogP contribution in [-0.2, 0) is 0 Å². The number of aromatic nitrogens is 2. The zero-order valence-corrected chi connectivity index (χ0v) is 14.4. The molecule has 0 aliphatic heterocycles. The number of anilines is 2. The van der Waals surface area contributed by atoms with Gasteiger partial charge in [-0.3, -0.25) is 10.1 Å². The highest BCUT2D eigenvalue weighted by Crippen LogP contribution is 2.36. The van der Waals surface area contributed by atoms with Crippen molar-refractivity contribution in [3.05, 3.63) is 89.0 Å². The zero-order chi connectivity index (χ0) is 19.5. The van der Waals surface area contributed by atoms with Gasteiger partial charge in [0.25, 0.3) is 0 Å². The Labute approximate surface area is 158 Å². The van der Waals surface area contributed by atoms with Gasteiger partial charge in [-0.15, -0.1) is 0 Å². The summed E-state index contributed by atoms with van der Waals surface area (Å²) in [4.78, 5) is 18.9. The van der Waals surface area contributed by atoms with Crippen LogP contribution >= 0.6 is 0 Å². The molecule has 0 atom stereocenters. The van der Waals surface area contributed by atoms with Crippen LogP contribution in [0.15, 0.2) is 73.1 Å². The van der Waals surface area contributed by atoms with E-state index in [9.17, 15) is 14.5 Å². The second kappa shape index (κ2) is 7.28. The molecule has 4 rings (SSSR count). The van der Waals surface area contributed by atoms with Crippen molar-refractivity contribution in [3.63, 3.8) is 0 Å². The van der Waals surface area contributed by atoms with Crippen LogP contribution in [0.1, 0.15) is 0 Å². The smallest absolute Gasteiger partial charge is 0.373 e. The van der Waals surface area contributed by atoms with Gasteiger partial charge in [0.15, 0.2) is 0 Å². The summed E-state index contributed by atoms with van der Waals surface area (Å²) in [6.07, 6.45) is 1.16. The minimum absolute atomic E-state index is 0.0533. The minimum atomic E-state index is -0.623. The maximum Gasteiger partial charge on any atom is 0.373 e. The molecular formula is C20H13FN4O3. The van der Waals surface area contributed by atoms with Gasteiger partial charge in [0.2, 0.25) is 5.82 Å². The van der Waals surface area contributed by atoms with Gasteiger partial charge in [-0.1, -0.05) is 30.3 Å². The summed E-state index contributed by atoms with van der Waals surface area (Å²) in [7, 11) is 0. The summed E-state index contributed by atoms with van der Waals surface area (Å²) in [6.45, 7) is 0. The molecular weight excluding hydrogens is 363 g/mol. The molecule has 28 heavy (non-hydrogen) atoms. The van der Waals surface area contributed by atoms with Gasteiger partial charge in [-0.05, 0) is 47.2 Å². The van der Waals surface area contributed by atoms with E-state index in [4.69, 9.17) is 4.74 Å². The second-order valence-electron chi connectivity index (χ2n) is 5.88. The molecule has 4 aromatic rings. The lowest BCUT2D eigenvalue weighted by molar-refractivity contribution is -0.385. The molecule has 1 N–H and O–H groups in total. The van der Waals surface area contributed by atoms with Crippen LogP contribution in [0.3, 0.4) is 0 Å². The highest BCUT2D eigenvalue weighted by atomic mass is 19.1. The van der Waals surface area contributed by atoms with Crippen molar-refractivity contribution in [2.45, 2.75) is 0 Å². The fraction of sp³-hybridized carbons (Fsp3) is 0. The van der Waals surface area contributed by atoms with Crippen molar-refractivity contribution in [2.24, 2.45) is 0 Å². The fourth-order valence-electron chi connectivity index (χ4n) is 2.71. The van der Waals surface area contributed by atoms with E-state index < -0.39 is 16.4 Å². The summed E-state index contributed by atoms with van der Waals surface area (Å²) >= 11 is 0. The molecule has 0 aliphatic carbocycles. The Bertz CT molecular complexity index is 1170. The van der Waals surface area contributed by atoms with Crippen LogP contribution in [0.2, 0.25) is 0 Å². The number of nitro groups is 1. The van der Waals surface area contributed by atoms with Crippen LogP contribution in [0.4, 0.5) is 21.6 Å². The van der Waals surface area contributed by atoms with E-state index in [1.54, 1.807) is 12.1 Å². The number of ether oxygens (including phenoxy) is 1. The average molecular weight is 376 g/mol. The summed E-state index contributed by atoms with van der Waals surface area (Å²) < 4.78 is 18.8. The third-order valence-corrected chi connectivity index (χ3v) is 4.01. The third kappa shape index (κ3) is 3.56. The van der Waals surface area contributed by atoms with Crippen molar-refractivity contribution in [3.8, 4) is 11.6 Å². The normalized spacial score (nSPS) is 10.6. The first-order valence-corrected chi connectivity index (χ1v) is 8.29. The Hall–Kier alpha value is -4.07. The molecule has 3 aromatic carbocycles. The maximum absolute atomic E-state index is 13.1. The molecule has 0 saturated carbocycles. The van der Waals surface area contributed by atoms with E-state index in [2.05, 4.69) is 15.3 Å². The van der Waals surface area contributed by atoms with Crippen molar-refractivity contribution in [2.75, 3.05) is 5.32 Å². The van der Waals surface area contributed by atoms with Gasteiger partial charge in [-0.2, -0.15) is 4.98 Å². The highest BCUT2D eigenvalue weighted by Gasteiger charge is 2.25. The Morgan fingerprint density at radius 3 is 2.46 bits per heavy atom. The summed E-state index contributed by atoms with van der Waals surface area (Å²) in [5.74, 6) is -0.251. The molecule has 0 fully saturated rings. The Kier molecular flexibility index (Phi) is 4.51. The topological polar surface area (TPSA) is 90.2 Å². The number of nitrogens with zero attached hydrogens (tertiary/aromatic N) is 3. The van der Waals surface area contributed by atoms with Gasteiger partial charge < -0.3 is 10.1 Å². The van der Waals surface area contributed by atoms with Gasteiger partial charge in [-0.25, -0.2) is 9.37 Å². The number of nitrogens with one attached hydrogen (secondary N) is 1. The quantitative estimate of drug-likeness (QED) is 0.380. The average Bonchev–Trinajstić information content (AvgIpc) is 2.69. The lowest BCUT2D eigenvalue weighted by Crippen LogP contribution is -2.03. The minimum Gasteiger partial charge on any atom is -0.434 e. The van der Waals surface area contributed by atoms with Gasteiger partial charge in [0.1, 0.15) is 17.9 Å². The lowest BCUT2D eigenvalue weighted by atomic mass is 10.1. The molecule has 138 valence electrons. The largest absolute Gasteiger partial charge is 0.434 e. The van der Waals surface area contributed by atoms with E-state index in [1.807, 2.05) is 30.3 Å². The zero-order valence-electron chi connectivity index (χ0n) is 14.4. The Balaban J connectivity index is 1.69. The summed E-state index contributed by atoms with van der Waals surface area (Å²) in [6, 6.07) is 18.4. The van der Waals surface area contributed by atoms with Crippen LogP contribution < -0.4 is 10.1 Å². The monoisotopic (exact) mass is 376 g/mol. The predicted molar refractivity (Wildman–Crippen MR) is 102 cm³/mol. The number of hydrogen-bond acceptors (Lipinski definition) is 6. The number of halogens is 1. The first kappa shape index (κ1) is 17.3. The Morgan fingerprint density at radius 1 is 0.964 bits per heavy atom. The van der Waals surface area contributed by atoms with Crippen LogP contribution in [0.5, 0.6) is 11.6 Å². The van der Waals surface area contributed by atoms with Gasteiger partial charge >= 0.3 is 11.6 Å². The Morgan fingerprint density at radius 2 is 1.71 bits per heavy atom. The molecule has 0 unspecified atom stereocenters. The van der Waals surface area contributed by atoms with E-state index in [1.165, 1.54) is 24.3 Å². The second-order valence-corrected chi connectivity index (χ2v) is 5.88. The first-order chi connectivity index (χ1) is 13.6. The van der Waals surface area contributed by atoms with E-state index in [-0.39, 0.29) is 11.7 Å². The molecule has 7 nitrogen and oxygen atoms in total. The molecule has 0 bridgehead atoms. The summed E-state index contributed by atoms with van der Waals surface area (Å²) in [5.41, 5.74) is 0.0276. The van der Waals surface area contributed by atoms with Crippen molar-refractivity contribution in [1.82, 2.24) is 9.97 Å². The number of benzene rings is 3. The maximum atomic E-state index is 13.1. The molecule has 0 aliphatic rings. The van der Waals surface area contributed by atoms with Gasteiger partial charge in [0, 0.05) is 5.69 Å². The van der Waals surface area contributed by atoms with Crippen LogP contribution in [-0.4, -0.2) is 14.9 Å². The molecule has 0 spiro atoms. The van der Waals surface area contributed by atoms with E-state index in [0.29, 0.717) is 11.4 Å². The van der Waals surface area contributed by atoms with Crippen LogP contribution in [0, 0.1) is 15.9 Å². The standard InChI is InChI=1S/C20H13FN4O3/c21-15-6-8-16(9-7-15)24-19-18(25(26)27)20(23-12-22-19)28-17-10-5-13-3-1-2-4-14(13)11-17/h1-12H,(H,22,23,24). The van der Waals surface area contributed by atoms with E-state index >= 15 is 0 Å². The highest BCUT2D eigenvalue weighted by molar-refractivity contribution is 5.83. The third-order valence-electron chi connectivity index (χ3n) is 4.01. The van der Waals surface area contributed by atoms with Gasteiger partial charge in [0.05, 0.1) is 4.92 Å². The number of rotatable bonds is 5. The number of hydrogen-bond donors (Lipinski definition) is 1. The molecule has 8 heteroatoms. The predicted octanol–water partition coefficient (Wildman–Crippen LogP) is 5.21. The fourth-order valence-corrected chi connectivity index (χ4v) is 2.71. The molecule has 1 aromatic heterocycles. The summed E-state index contributed by atoms with van der Waals surface area (Å²) in [5, 5.41) is 16.4. The number of fused-ring (bicyclic) bond motifs is 1. The molecule has 1 heterocycles. The van der Waals surface area contributed by atoms with E-state index in [0.717, 1.165) is 17.1 Å². The molecule has 0 radical (unpaired) electrons. The molecule has 0 amide bonds. The first-order valence-electron chi connectivity index (χ1n) is 8.29. The SMILES string of the molecule is O=[N+]([O-])c1c(Nc2ccc(F)cc2)ncnc1Oc1ccc2ccccc2c1. The lowest BCUT2D eigenvalue weighted by Gasteiger charge is -2.10. The van der Waals surface area contributed by atoms with Crippen LogP contribution in [0.25, 0.3) is 10.8 Å². The van der Waals surface area contributed by atoms with Crippen molar-refractivity contribution < 1.29 is 14.1 Å². The molecule has 0 saturated heterocycles. The van der Waals surface area contributed by atoms with Crippen molar-refractivity contribution in [1.29, 1.82) is 0 Å².